The number of aromatic carboxylic acids is 1. The Labute approximate surface area is 117 Å². The highest BCUT2D eigenvalue weighted by Crippen LogP contribution is 2.27. The summed E-state index contributed by atoms with van der Waals surface area (Å²) in [5.41, 5.74) is 4.46. The molecule has 0 atom stereocenters. The predicted octanol–water partition coefficient (Wildman–Crippen LogP) is 3.07. The summed E-state index contributed by atoms with van der Waals surface area (Å²) in [6, 6.07) is 13.1. The van der Waals surface area contributed by atoms with E-state index in [1.807, 2.05) is 12.1 Å². The number of carboxylic acids is 1. The molecule has 0 aliphatic carbocycles. The molecule has 1 heterocycles. The third-order valence-corrected chi connectivity index (χ3v) is 3.52. The zero-order valence-corrected chi connectivity index (χ0v) is 11.3. The molecule has 0 saturated carbocycles. The Bertz CT molecular complexity index is 667. The summed E-state index contributed by atoms with van der Waals surface area (Å²) < 4.78 is 0. The quantitative estimate of drug-likeness (QED) is 0.898. The van der Waals surface area contributed by atoms with Crippen LogP contribution in [0.3, 0.4) is 0 Å². The summed E-state index contributed by atoms with van der Waals surface area (Å²) in [7, 11) is 2.09. The summed E-state index contributed by atoms with van der Waals surface area (Å²) >= 11 is 0. The lowest BCUT2D eigenvalue weighted by Gasteiger charge is -2.10. The van der Waals surface area contributed by atoms with Crippen LogP contribution in [-0.2, 0) is 13.1 Å². The van der Waals surface area contributed by atoms with Crippen LogP contribution < -0.4 is 5.32 Å². The van der Waals surface area contributed by atoms with Gasteiger partial charge >= 0.3 is 5.97 Å². The van der Waals surface area contributed by atoms with E-state index >= 15 is 0 Å². The second kappa shape index (κ2) is 4.98. The standard InChI is InChI=1S/C16H16N2O2/c1-18-9-11-6-7-13(8-12(11)10-18)17-15-5-3-2-4-14(15)16(19)20/h2-8,17H,9-10H2,1H3,(H,19,20). The van der Waals surface area contributed by atoms with Gasteiger partial charge < -0.3 is 10.4 Å². The van der Waals surface area contributed by atoms with Gasteiger partial charge in [-0.05, 0) is 42.4 Å². The maximum absolute atomic E-state index is 11.2. The van der Waals surface area contributed by atoms with Crippen molar-refractivity contribution in [2.75, 3.05) is 12.4 Å². The molecule has 0 aromatic heterocycles. The summed E-state index contributed by atoms with van der Waals surface area (Å²) in [5, 5.41) is 12.4. The van der Waals surface area contributed by atoms with Gasteiger partial charge in [-0.25, -0.2) is 4.79 Å². The molecule has 4 nitrogen and oxygen atoms in total. The fourth-order valence-corrected chi connectivity index (χ4v) is 2.58. The maximum Gasteiger partial charge on any atom is 0.337 e. The number of carboxylic acid groups (broad SMARTS) is 1. The first-order valence-corrected chi connectivity index (χ1v) is 6.53. The minimum absolute atomic E-state index is 0.283. The highest BCUT2D eigenvalue weighted by molar-refractivity contribution is 5.95. The van der Waals surface area contributed by atoms with Crippen molar-refractivity contribution in [3.63, 3.8) is 0 Å². The second-order valence-corrected chi connectivity index (χ2v) is 5.13. The molecule has 0 radical (unpaired) electrons. The van der Waals surface area contributed by atoms with E-state index in [0.29, 0.717) is 5.69 Å². The van der Waals surface area contributed by atoms with E-state index in [-0.39, 0.29) is 5.56 Å². The van der Waals surface area contributed by atoms with Crippen molar-refractivity contribution in [1.82, 2.24) is 4.90 Å². The smallest absolute Gasteiger partial charge is 0.337 e. The Kier molecular flexibility index (Phi) is 3.16. The Morgan fingerprint density at radius 2 is 1.90 bits per heavy atom. The zero-order valence-electron chi connectivity index (χ0n) is 11.3. The number of anilines is 2. The summed E-state index contributed by atoms with van der Waals surface area (Å²) in [6.45, 7) is 1.91. The highest BCUT2D eigenvalue weighted by Gasteiger charge is 2.16. The third-order valence-electron chi connectivity index (χ3n) is 3.52. The molecular weight excluding hydrogens is 252 g/mol. The van der Waals surface area contributed by atoms with Crippen molar-refractivity contribution in [2.45, 2.75) is 13.1 Å². The number of benzene rings is 2. The number of hydrogen-bond acceptors (Lipinski definition) is 3. The van der Waals surface area contributed by atoms with Gasteiger partial charge in [0.1, 0.15) is 0 Å². The van der Waals surface area contributed by atoms with E-state index in [4.69, 9.17) is 0 Å². The largest absolute Gasteiger partial charge is 0.478 e. The van der Waals surface area contributed by atoms with Crippen LogP contribution in [-0.4, -0.2) is 23.0 Å². The third kappa shape index (κ3) is 2.38. The van der Waals surface area contributed by atoms with Crippen LogP contribution in [0.25, 0.3) is 0 Å². The minimum Gasteiger partial charge on any atom is -0.478 e. The van der Waals surface area contributed by atoms with Crippen molar-refractivity contribution in [1.29, 1.82) is 0 Å². The van der Waals surface area contributed by atoms with Gasteiger partial charge in [0.25, 0.3) is 0 Å². The van der Waals surface area contributed by atoms with E-state index in [9.17, 15) is 9.90 Å². The molecule has 0 amide bonds. The molecule has 0 bridgehead atoms. The number of para-hydroxylation sites is 1. The van der Waals surface area contributed by atoms with E-state index < -0.39 is 5.97 Å². The zero-order chi connectivity index (χ0) is 14.1. The van der Waals surface area contributed by atoms with Gasteiger partial charge in [-0.3, -0.25) is 4.90 Å². The monoisotopic (exact) mass is 268 g/mol. The van der Waals surface area contributed by atoms with Gasteiger partial charge in [0.2, 0.25) is 0 Å². The lowest BCUT2D eigenvalue weighted by molar-refractivity contribution is 0.0698. The topological polar surface area (TPSA) is 52.6 Å². The minimum atomic E-state index is -0.922. The lowest BCUT2D eigenvalue weighted by Crippen LogP contribution is -2.07. The van der Waals surface area contributed by atoms with Crippen LogP contribution in [0.4, 0.5) is 11.4 Å². The Balaban J connectivity index is 1.89. The van der Waals surface area contributed by atoms with E-state index in [0.717, 1.165) is 18.8 Å². The van der Waals surface area contributed by atoms with Gasteiger partial charge in [0.15, 0.2) is 0 Å². The molecule has 20 heavy (non-hydrogen) atoms. The first-order chi connectivity index (χ1) is 9.63. The Morgan fingerprint density at radius 3 is 2.70 bits per heavy atom. The number of nitrogens with zero attached hydrogens (tertiary/aromatic N) is 1. The van der Waals surface area contributed by atoms with Gasteiger partial charge in [-0.15, -0.1) is 0 Å². The van der Waals surface area contributed by atoms with Crippen LogP contribution in [0.2, 0.25) is 0 Å². The van der Waals surface area contributed by atoms with Crippen molar-refractivity contribution in [3.05, 3.63) is 59.2 Å². The molecule has 0 saturated heterocycles. The van der Waals surface area contributed by atoms with Crippen molar-refractivity contribution in [2.24, 2.45) is 0 Å². The van der Waals surface area contributed by atoms with E-state index in [1.54, 1.807) is 18.2 Å². The van der Waals surface area contributed by atoms with Gasteiger partial charge in [0.05, 0.1) is 11.3 Å². The summed E-state index contributed by atoms with van der Waals surface area (Å²) in [5.74, 6) is -0.922. The summed E-state index contributed by atoms with van der Waals surface area (Å²) in [4.78, 5) is 13.4. The molecule has 102 valence electrons. The SMILES string of the molecule is CN1Cc2ccc(Nc3ccccc3C(=O)O)cc2C1. The van der Waals surface area contributed by atoms with Gasteiger partial charge in [-0.1, -0.05) is 18.2 Å². The van der Waals surface area contributed by atoms with Gasteiger partial charge in [-0.2, -0.15) is 0 Å². The van der Waals surface area contributed by atoms with Crippen molar-refractivity contribution in [3.8, 4) is 0 Å². The number of rotatable bonds is 3. The molecule has 0 unspecified atom stereocenters. The fourth-order valence-electron chi connectivity index (χ4n) is 2.58. The second-order valence-electron chi connectivity index (χ2n) is 5.13. The van der Waals surface area contributed by atoms with Crippen molar-refractivity contribution < 1.29 is 9.90 Å². The average molecular weight is 268 g/mol. The fraction of sp³-hybridized carbons (Fsp3) is 0.188. The number of carbonyl (C=O) groups is 1. The number of hydrogen-bond donors (Lipinski definition) is 2. The van der Waals surface area contributed by atoms with Crippen molar-refractivity contribution >= 4 is 17.3 Å². The molecular formula is C16H16N2O2. The lowest BCUT2D eigenvalue weighted by atomic mass is 10.1. The predicted molar refractivity (Wildman–Crippen MR) is 78.3 cm³/mol. The average Bonchev–Trinajstić information content (AvgIpc) is 2.78. The molecule has 2 N–H and O–H groups in total. The van der Waals surface area contributed by atoms with E-state index in [1.165, 1.54) is 11.1 Å². The molecule has 2 aromatic rings. The molecule has 0 spiro atoms. The first kappa shape index (κ1) is 12.7. The molecule has 1 aliphatic rings. The maximum atomic E-state index is 11.2. The van der Waals surface area contributed by atoms with Gasteiger partial charge in [0, 0.05) is 18.8 Å². The normalized spacial score (nSPS) is 14.1. The molecule has 3 rings (SSSR count). The molecule has 1 aliphatic heterocycles. The van der Waals surface area contributed by atoms with Crippen LogP contribution in [0.5, 0.6) is 0 Å². The Hall–Kier alpha value is -2.33. The first-order valence-electron chi connectivity index (χ1n) is 6.53. The molecule has 0 fully saturated rings. The Morgan fingerprint density at radius 1 is 1.15 bits per heavy atom. The summed E-state index contributed by atoms with van der Waals surface area (Å²) in [6.07, 6.45) is 0. The van der Waals surface area contributed by atoms with Crippen LogP contribution in [0.1, 0.15) is 21.5 Å². The molecule has 2 aromatic carbocycles. The highest BCUT2D eigenvalue weighted by atomic mass is 16.4. The molecule has 4 heteroatoms. The van der Waals surface area contributed by atoms with Crippen LogP contribution in [0.15, 0.2) is 42.5 Å². The van der Waals surface area contributed by atoms with Crippen LogP contribution >= 0.6 is 0 Å². The number of fused-ring (bicyclic) bond motifs is 1. The van der Waals surface area contributed by atoms with E-state index in [2.05, 4.69) is 29.4 Å². The number of nitrogens with one attached hydrogen (secondary N) is 1. The van der Waals surface area contributed by atoms with Crippen LogP contribution in [0, 0.1) is 0 Å².